The number of aromatic nitrogens is 3. The third-order valence-corrected chi connectivity index (χ3v) is 4.66. The lowest BCUT2D eigenvalue weighted by molar-refractivity contribution is 0.184. The van der Waals surface area contributed by atoms with Crippen molar-refractivity contribution < 1.29 is 9.32 Å². The van der Waals surface area contributed by atoms with Crippen molar-refractivity contribution in [2.45, 2.75) is 58.9 Å². The Hall–Kier alpha value is -2.44. The molecule has 2 aromatic heterocycles. The molecule has 2 aromatic rings. The Morgan fingerprint density at radius 2 is 2.20 bits per heavy atom. The fraction of sp³-hybridized carbons (Fsp3) is 0.556. The van der Waals surface area contributed by atoms with Crippen LogP contribution in [0.4, 0.5) is 10.5 Å². The molecule has 1 saturated heterocycles. The van der Waals surface area contributed by atoms with E-state index in [9.17, 15) is 4.79 Å². The first-order valence-electron chi connectivity index (χ1n) is 8.92. The molecule has 0 bridgehead atoms. The van der Waals surface area contributed by atoms with E-state index in [0.717, 1.165) is 49.0 Å². The van der Waals surface area contributed by atoms with Gasteiger partial charge in [0.05, 0.1) is 17.4 Å². The Morgan fingerprint density at radius 1 is 1.36 bits per heavy atom. The maximum absolute atomic E-state index is 13.0. The van der Waals surface area contributed by atoms with Crippen molar-refractivity contribution >= 4 is 11.7 Å². The first-order chi connectivity index (χ1) is 12.1. The number of nitrogens with one attached hydrogen (secondary N) is 1. The predicted molar refractivity (Wildman–Crippen MR) is 94.3 cm³/mol. The number of pyridine rings is 1. The van der Waals surface area contributed by atoms with Gasteiger partial charge in [0.2, 0.25) is 5.89 Å². The fourth-order valence-corrected chi connectivity index (χ4v) is 3.30. The second kappa shape index (κ2) is 7.63. The van der Waals surface area contributed by atoms with Crippen molar-refractivity contribution in [2.24, 2.45) is 0 Å². The number of carbonyl (C=O) groups is 1. The highest BCUT2D eigenvalue weighted by atomic mass is 16.5. The van der Waals surface area contributed by atoms with Gasteiger partial charge in [-0.1, -0.05) is 24.9 Å². The number of urea groups is 1. The summed E-state index contributed by atoms with van der Waals surface area (Å²) < 4.78 is 5.13. The van der Waals surface area contributed by atoms with E-state index in [1.54, 1.807) is 13.1 Å². The molecule has 1 N–H and O–H groups in total. The topological polar surface area (TPSA) is 84.2 Å². The minimum absolute atomic E-state index is 0.125. The van der Waals surface area contributed by atoms with Crippen molar-refractivity contribution in [1.82, 2.24) is 20.0 Å². The first-order valence-corrected chi connectivity index (χ1v) is 8.92. The number of rotatable bonds is 3. The summed E-state index contributed by atoms with van der Waals surface area (Å²) in [5, 5.41) is 7.12. The largest absolute Gasteiger partial charge is 0.340 e. The molecule has 7 heteroatoms. The Morgan fingerprint density at radius 3 is 2.92 bits per heavy atom. The number of nitrogens with zero attached hydrogens (tertiary/aromatic N) is 4. The van der Waals surface area contributed by atoms with E-state index in [4.69, 9.17) is 4.52 Å². The van der Waals surface area contributed by atoms with Crippen LogP contribution >= 0.6 is 0 Å². The number of likely N-dealkylation sites (tertiary alicyclic amines) is 1. The standard InChI is InChI=1S/C18H25N5O2/c1-4-14-16(12(2)9-10-19-14)21-18(24)23-11-7-5-6-8-15(23)17-20-13(3)25-22-17/h9-10,15H,4-8,11H2,1-3H3,(H,21,24). The third-order valence-electron chi connectivity index (χ3n) is 4.66. The molecule has 1 aliphatic rings. The van der Waals surface area contributed by atoms with Crippen LogP contribution in [0.3, 0.4) is 0 Å². The van der Waals surface area contributed by atoms with Gasteiger partial charge in [-0.2, -0.15) is 4.98 Å². The third kappa shape index (κ3) is 3.81. The quantitative estimate of drug-likeness (QED) is 0.916. The van der Waals surface area contributed by atoms with Gasteiger partial charge in [-0.3, -0.25) is 4.98 Å². The van der Waals surface area contributed by atoms with Gasteiger partial charge >= 0.3 is 6.03 Å². The van der Waals surface area contributed by atoms with Gasteiger partial charge < -0.3 is 14.7 Å². The van der Waals surface area contributed by atoms with Crippen LogP contribution in [0.15, 0.2) is 16.8 Å². The molecule has 0 saturated carbocycles. The van der Waals surface area contributed by atoms with Gasteiger partial charge in [0.1, 0.15) is 0 Å². The number of hydrogen-bond acceptors (Lipinski definition) is 5. The summed E-state index contributed by atoms with van der Waals surface area (Å²) in [7, 11) is 0. The molecule has 1 aliphatic heterocycles. The highest BCUT2D eigenvalue weighted by Crippen LogP contribution is 2.29. The van der Waals surface area contributed by atoms with Gasteiger partial charge in [-0.15, -0.1) is 0 Å². The summed E-state index contributed by atoms with van der Waals surface area (Å²) in [4.78, 5) is 23.6. The van der Waals surface area contributed by atoms with Crippen LogP contribution in [0.5, 0.6) is 0 Å². The summed E-state index contributed by atoms with van der Waals surface area (Å²) in [6, 6.07) is 1.64. The number of carbonyl (C=O) groups excluding carboxylic acids is 1. The smallest absolute Gasteiger partial charge is 0.322 e. The number of anilines is 1. The van der Waals surface area contributed by atoms with Gasteiger partial charge in [-0.05, 0) is 37.8 Å². The molecule has 3 rings (SSSR count). The molecule has 1 fully saturated rings. The minimum Gasteiger partial charge on any atom is -0.340 e. The normalized spacial score (nSPS) is 18.0. The van der Waals surface area contributed by atoms with E-state index in [2.05, 4.69) is 20.4 Å². The van der Waals surface area contributed by atoms with E-state index < -0.39 is 0 Å². The number of aryl methyl sites for hydroxylation is 3. The summed E-state index contributed by atoms with van der Waals surface area (Å²) in [5.41, 5.74) is 2.72. The second-order valence-corrected chi connectivity index (χ2v) is 6.46. The van der Waals surface area contributed by atoms with Crippen molar-refractivity contribution in [3.8, 4) is 0 Å². The van der Waals surface area contributed by atoms with Crippen LogP contribution in [0.2, 0.25) is 0 Å². The fourth-order valence-electron chi connectivity index (χ4n) is 3.30. The molecular formula is C18H25N5O2. The number of amides is 2. The molecule has 2 amide bonds. The maximum Gasteiger partial charge on any atom is 0.322 e. The van der Waals surface area contributed by atoms with Crippen LogP contribution in [0, 0.1) is 13.8 Å². The van der Waals surface area contributed by atoms with Gasteiger partial charge in [-0.25, -0.2) is 4.79 Å². The van der Waals surface area contributed by atoms with Crippen molar-refractivity contribution in [3.63, 3.8) is 0 Å². The highest BCUT2D eigenvalue weighted by Gasteiger charge is 2.30. The predicted octanol–water partition coefficient (Wildman–Crippen LogP) is 3.79. The van der Waals surface area contributed by atoms with Crippen LogP contribution in [-0.2, 0) is 6.42 Å². The summed E-state index contributed by atoms with van der Waals surface area (Å²) in [6.45, 7) is 6.47. The van der Waals surface area contributed by atoms with Gasteiger partial charge in [0, 0.05) is 19.7 Å². The van der Waals surface area contributed by atoms with Gasteiger partial charge in [0.15, 0.2) is 5.82 Å². The maximum atomic E-state index is 13.0. The Labute approximate surface area is 147 Å². The van der Waals surface area contributed by atoms with Crippen molar-refractivity contribution in [2.75, 3.05) is 11.9 Å². The highest BCUT2D eigenvalue weighted by molar-refractivity contribution is 5.91. The number of hydrogen-bond donors (Lipinski definition) is 1. The molecule has 0 spiro atoms. The summed E-state index contributed by atoms with van der Waals surface area (Å²) in [6.07, 6.45) is 6.52. The van der Waals surface area contributed by atoms with Crippen LogP contribution in [0.1, 0.15) is 61.6 Å². The molecule has 134 valence electrons. The van der Waals surface area contributed by atoms with E-state index in [1.165, 1.54) is 0 Å². The zero-order valence-corrected chi connectivity index (χ0v) is 15.1. The molecule has 7 nitrogen and oxygen atoms in total. The molecule has 0 aromatic carbocycles. The molecule has 25 heavy (non-hydrogen) atoms. The Bertz CT molecular complexity index is 743. The zero-order chi connectivity index (χ0) is 17.8. The monoisotopic (exact) mass is 343 g/mol. The summed E-state index contributed by atoms with van der Waals surface area (Å²) in [5.74, 6) is 1.11. The van der Waals surface area contributed by atoms with E-state index in [-0.39, 0.29) is 12.1 Å². The molecular weight excluding hydrogens is 318 g/mol. The lowest BCUT2D eigenvalue weighted by Gasteiger charge is -2.28. The average Bonchev–Trinajstić information content (AvgIpc) is 2.89. The van der Waals surface area contributed by atoms with Crippen LogP contribution < -0.4 is 5.32 Å². The van der Waals surface area contributed by atoms with E-state index in [0.29, 0.717) is 18.3 Å². The van der Waals surface area contributed by atoms with Crippen molar-refractivity contribution in [3.05, 3.63) is 35.2 Å². The molecule has 1 atom stereocenters. The SMILES string of the molecule is CCc1nccc(C)c1NC(=O)N1CCCCCC1c1noc(C)n1. The van der Waals surface area contributed by atoms with E-state index in [1.807, 2.05) is 24.8 Å². The minimum atomic E-state index is -0.151. The van der Waals surface area contributed by atoms with E-state index >= 15 is 0 Å². The first kappa shape index (κ1) is 17.4. The van der Waals surface area contributed by atoms with Crippen LogP contribution in [-0.4, -0.2) is 32.6 Å². The average molecular weight is 343 g/mol. The molecule has 0 radical (unpaired) electrons. The lowest BCUT2D eigenvalue weighted by Crippen LogP contribution is -2.38. The van der Waals surface area contributed by atoms with Crippen molar-refractivity contribution in [1.29, 1.82) is 0 Å². The molecule has 3 heterocycles. The Kier molecular flexibility index (Phi) is 5.31. The van der Waals surface area contributed by atoms with Crippen LogP contribution in [0.25, 0.3) is 0 Å². The lowest BCUT2D eigenvalue weighted by atomic mass is 10.1. The zero-order valence-electron chi connectivity index (χ0n) is 15.1. The van der Waals surface area contributed by atoms with Gasteiger partial charge in [0.25, 0.3) is 0 Å². The molecule has 0 aliphatic carbocycles. The Balaban J connectivity index is 1.85. The second-order valence-electron chi connectivity index (χ2n) is 6.46. The molecule has 1 unspecified atom stereocenters. The summed E-state index contributed by atoms with van der Waals surface area (Å²) >= 11 is 0.